The highest BCUT2D eigenvalue weighted by atomic mass is 35.5. The van der Waals surface area contributed by atoms with Crippen molar-refractivity contribution in [1.29, 1.82) is 0 Å². The fourth-order valence-corrected chi connectivity index (χ4v) is 3.04. The van der Waals surface area contributed by atoms with Gasteiger partial charge in [0.05, 0.1) is 10.9 Å². The van der Waals surface area contributed by atoms with Crippen molar-refractivity contribution >= 4 is 22.5 Å². The monoisotopic (exact) mass is 298 g/mol. The molecule has 0 spiro atoms. The minimum absolute atomic E-state index is 0.219. The summed E-state index contributed by atoms with van der Waals surface area (Å²) in [5.74, 6) is 0.490. The molecular weight excluding hydrogens is 288 g/mol. The van der Waals surface area contributed by atoms with E-state index in [-0.39, 0.29) is 5.56 Å². The topological polar surface area (TPSA) is 55.1 Å². The Morgan fingerprint density at radius 3 is 2.90 bits per heavy atom. The predicted octanol–water partition coefficient (Wildman–Crippen LogP) is 2.76. The minimum atomic E-state index is -0.921. The third-order valence-electron chi connectivity index (χ3n) is 3.82. The van der Waals surface area contributed by atoms with Crippen molar-refractivity contribution in [2.45, 2.75) is 12.6 Å². The molecule has 5 heteroatoms. The van der Waals surface area contributed by atoms with Crippen molar-refractivity contribution in [2.24, 2.45) is 0 Å². The molecule has 104 valence electrons. The first-order valence-electron chi connectivity index (χ1n) is 6.63. The smallest absolute Gasteiger partial charge is 0.263 e. The van der Waals surface area contributed by atoms with Crippen molar-refractivity contribution in [3.05, 3.63) is 63.4 Å². The van der Waals surface area contributed by atoms with Gasteiger partial charge in [-0.1, -0.05) is 23.7 Å². The van der Waals surface area contributed by atoms with Gasteiger partial charge in [-0.25, -0.2) is 4.98 Å². The molecule has 1 atom stereocenters. The van der Waals surface area contributed by atoms with Gasteiger partial charge in [0.25, 0.3) is 5.56 Å². The highest BCUT2D eigenvalue weighted by Gasteiger charge is 2.26. The van der Waals surface area contributed by atoms with Gasteiger partial charge in [-0.2, -0.15) is 0 Å². The van der Waals surface area contributed by atoms with Crippen molar-refractivity contribution in [3.63, 3.8) is 0 Å². The maximum absolute atomic E-state index is 12.6. The molecule has 4 rings (SSSR count). The van der Waals surface area contributed by atoms with Crippen LogP contribution in [-0.4, -0.2) is 14.7 Å². The number of rotatable bonds is 0. The van der Waals surface area contributed by atoms with Crippen LogP contribution >= 0.6 is 11.6 Å². The molecular formula is C16H11ClN2O2. The lowest BCUT2D eigenvalue weighted by atomic mass is 9.99. The van der Waals surface area contributed by atoms with Crippen LogP contribution < -0.4 is 5.56 Å². The maximum Gasteiger partial charge on any atom is 0.263 e. The van der Waals surface area contributed by atoms with E-state index in [0.29, 0.717) is 28.2 Å². The van der Waals surface area contributed by atoms with E-state index >= 15 is 0 Å². The molecule has 2 heterocycles. The van der Waals surface area contributed by atoms with Crippen molar-refractivity contribution in [3.8, 4) is 11.4 Å². The molecule has 0 aliphatic carbocycles. The Morgan fingerprint density at radius 1 is 1.24 bits per heavy atom. The van der Waals surface area contributed by atoms with Crippen LogP contribution in [0.5, 0.6) is 0 Å². The van der Waals surface area contributed by atoms with Gasteiger partial charge in [0, 0.05) is 17.0 Å². The summed E-state index contributed by atoms with van der Waals surface area (Å²) in [5.41, 5.74) is 2.15. The molecule has 0 saturated heterocycles. The summed E-state index contributed by atoms with van der Waals surface area (Å²) in [6, 6.07) is 12.6. The molecule has 4 nitrogen and oxygen atoms in total. The lowest BCUT2D eigenvalue weighted by Crippen LogP contribution is -2.31. The second-order valence-corrected chi connectivity index (χ2v) is 5.55. The number of halogens is 1. The van der Waals surface area contributed by atoms with E-state index in [9.17, 15) is 9.90 Å². The average molecular weight is 299 g/mol. The van der Waals surface area contributed by atoms with Gasteiger partial charge in [-0.3, -0.25) is 9.36 Å². The van der Waals surface area contributed by atoms with Crippen LogP contribution in [-0.2, 0) is 6.42 Å². The number of benzene rings is 2. The standard InChI is InChI=1S/C16H11ClN2O2/c17-10-5-6-11-9(7-10)8-14(20)19-15(11)18-13-4-2-1-3-12(13)16(19)21/h1-7,14,20H,8H2. The Labute approximate surface area is 125 Å². The summed E-state index contributed by atoms with van der Waals surface area (Å²) in [6.45, 7) is 0. The fourth-order valence-electron chi connectivity index (χ4n) is 2.85. The van der Waals surface area contributed by atoms with E-state index in [1.165, 1.54) is 4.57 Å². The molecule has 3 aromatic rings. The first-order valence-corrected chi connectivity index (χ1v) is 7.01. The van der Waals surface area contributed by atoms with Gasteiger partial charge >= 0.3 is 0 Å². The van der Waals surface area contributed by atoms with Crippen LogP contribution in [0.4, 0.5) is 0 Å². The molecule has 21 heavy (non-hydrogen) atoms. The Hall–Kier alpha value is -2.17. The number of fused-ring (bicyclic) bond motifs is 4. The number of hydrogen-bond acceptors (Lipinski definition) is 3. The molecule has 1 aliphatic heterocycles. The first kappa shape index (κ1) is 12.6. The average Bonchev–Trinajstić information content (AvgIpc) is 2.47. The number of aromatic nitrogens is 2. The van der Waals surface area contributed by atoms with E-state index in [1.807, 2.05) is 18.2 Å². The van der Waals surface area contributed by atoms with Gasteiger partial charge in [0.15, 0.2) is 0 Å². The summed E-state index contributed by atoms with van der Waals surface area (Å²) < 4.78 is 1.36. The van der Waals surface area contributed by atoms with E-state index in [1.54, 1.807) is 24.3 Å². The van der Waals surface area contributed by atoms with Gasteiger partial charge in [-0.15, -0.1) is 0 Å². The van der Waals surface area contributed by atoms with Gasteiger partial charge in [-0.05, 0) is 35.9 Å². The quantitative estimate of drug-likeness (QED) is 0.694. The number of aliphatic hydroxyl groups is 1. The van der Waals surface area contributed by atoms with Crippen LogP contribution in [0.1, 0.15) is 11.8 Å². The Balaban J connectivity index is 2.14. The second-order valence-electron chi connectivity index (χ2n) is 5.11. The normalized spacial score (nSPS) is 16.6. The summed E-state index contributed by atoms with van der Waals surface area (Å²) in [4.78, 5) is 17.2. The van der Waals surface area contributed by atoms with Crippen LogP contribution in [0.3, 0.4) is 0 Å². The molecule has 1 aromatic heterocycles. The SMILES string of the molecule is O=c1c2ccccc2nc2n1C(O)Cc1cc(Cl)ccc1-2. The molecule has 0 fully saturated rings. The Morgan fingerprint density at radius 2 is 2.05 bits per heavy atom. The molecule has 0 saturated carbocycles. The highest BCUT2D eigenvalue weighted by Crippen LogP contribution is 2.33. The molecule has 1 N–H and O–H groups in total. The zero-order chi connectivity index (χ0) is 14.6. The molecule has 0 bridgehead atoms. The van der Waals surface area contributed by atoms with Crippen LogP contribution in [0.2, 0.25) is 5.02 Å². The van der Waals surface area contributed by atoms with E-state index < -0.39 is 6.23 Å². The predicted molar refractivity (Wildman–Crippen MR) is 81.4 cm³/mol. The highest BCUT2D eigenvalue weighted by molar-refractivity contribution is 6.30. The van der Waals surface area contributed by atoms with E-state index in [2.05, 4.69) is 4.98 Å². The molecule has 1 unspecified atom stereocenters. The Bertz CT molecular complexity index is 933. The van der Waals surface area contributed by atoms with Crippen molar-refractivity contribution < 1.29 is 5.11 Å². The number of hydrogen-bond donors (Lipinski definition) is 1. The minimum Gasteiger partial charge on any atom is -0.373 e. The number of aliphatic hydroxyl groups excluding tert-OH is 1. The zero-order valence-electron chi connectivity index (χ0n) is 11.0. The second kappa shape index (κ2) is 4.41. The lowest BCUT2D eigenvalue weighted by molar-refractivity contribution is 0.0988. The fraction of sp³-hybridized carbons (Fsp3) is 0.125. The molecule has 0 amide bonds. The summed E-state index contributed by atoms with van der Waals surface area (Å²) >= 11 is 6.01. The third-order valence-corrected chi connectivity index (χ3v) is 4.05. The van der Waals surface area contributed by atoms with Gasteiger partial charge in [0.1, 0.15) is 12.1 Å². The molecule has 0 radical (unpaired) electrons. The summed E-state index contributed by atoms with van der Waals surface area (Å²) in [6.07, 6.45) is -0.571. The maximum atomic E-state index is 12.6. The van der Waals surface area contributed by atoms with E-state index in [4.69, 9.17) is 11.6 Å². The molecule has 1 aliphatic rings. The zero-order valence-corrected chi connectivity index (χ0v) is 11.7. The largest absolute Gasteiger partial charge is 0.373 e. The third kappa shape index (κ3) is 1.80. The van der Waals surface area contributed by atoms with Crippen LogP contribution in [0.15, 0.2) is 47.3 Å². The molecule has 2 aromatic carbocycles. The van der Waals surface area contributed by atoms with Gasteiger partial charge < -0.3 is 5.11 Å². The Kier molecular flexibility index (Phi) is 2.64. The lowest BCUT2D eigenvalue weighted by Gasteiger charge is -2.25. The number of nitrogens with zero attached hydrogens (tertiary/aromatic N) is 2. The first-order chi connectivity index (χ1) is 10.1. The van der Waals surface area contributed by atoms with Crippen LogP contribution in [0.25, 0.3) is 22.3 Å². The van der Waals surface area contributed by atoms with Crippen molar-refractivity contribution in [2.75, 3.05) is 0 Å². The summed E-state index contributed by atoms with van der Waals surface area (Å²) in [5, 5.41) is 11.4. The van der Waals surface area contributed by atoms with Gasteiger partial charge in [0.2, 0.25) is 0 Å². The van der Waals surface area contributed by atoms with Crippen molar-refractivity contribution in [1.82, 2.24) is 9.55 Å². The summed E-state index contributed by atoms with van der Waals surface area (Å²) in [7, 11) is 0. The van der Waals surface area contributed by atoms with E-state index in [0.717, 1.165) is 11.1 Å². The number of para-hydroxylation sites is 1. The van der Waals surface area contributed by atoms with Crippen LogP contribution in [0, 0.1) is 0 Å².